The molecule has 21 heavy (non-hydrogen) atoms. The van der Waals surface area contributed by atoms with E-state index in [0.717, 1.165) is 35.1 Å². The summed E-state index contributed by atoms with van der Waals surface area (Å²) in [5, 5.41) is 4.44. The Bertz CT molecular complexity index is 754. The molecule has 0 bridgehead atoms. The summed E-state index contributed by atoms with van der Waals surface area (Å²) in [5.41, 5.74) is 9.49. The average molecular weight is 281 g/mol. The highest BCUT2D eigenvalue weighted by molar-refractivity contribution is 5.92. The largest absolute Gasteiger partial charge is 0.399 e. The fourth-order valence-electron chi connectivity index (χ4n) is 2.31. The van der Waals surface area contributed by atoms with E-state index < -0.39 is 0 Å². The van der Waals surface area contributed by atoms with Crippen LogP contribution in [0.3, 0.4) is 0 Å². The van der Waals surface area contributed by atoms with Gasteiger partial charge >= 0.3 is 0 Å². The quantitative estimate of drug-likeness (QED) is 0.718. The first kappa shape index (κ1) is 13.4. The van der Waals surface area contributed by atoms with Crippen LogP contribution in [-0.2, 0) is 6.42 Å². The second-order valence-corrected chi connectivity index (χ2v) is 4.94. The van der Waals surface area contributed by atoms with Crippen molar-refractivity contribution in [2.45, 2.75) is 6.42 Å². The number of nitrogens with one attached hydrogen (secondary N) is 1. The smallest absolute Gasteiger partial charge is 0.123 e. The maximum Gasteiger partial charge on any atom is 0.123 e. The van der Waals surface area contributed by atoms with Gasteiger partial charge in [0.15, 0.2) is 0 Å². The Morgan fingerprint density at radius 2 is 1.86 bits per heavy atom. The predicted molar refractivity (Wildman–Crippen MR) is 84.7 cm³/mol. The van der Waals surface area contributed by atoms with Gasteiger partial charge in [-0.2, -0.15) is 0 Å². The minimum atomic E-state index is -0.204. The highest BCUT2D eigenvalue weighted by Gasteiger charge is 2.02. The van der Waals surface area contributed by atoms with Gasteiger partial charge in [-0.1, -0.05) is 12.1 Å². The standard InChI is InChI=1S/C17H16FN3/c18-13-3-1-12(2-4-13)7-9-20-16-8-10-21-17-11-14(19)5-6-15(16)17/h1-6,8,10-11H,7,9,19H2,(H,20,21). The molecule has 1 heterocycles. The summed E-state index contributed by atoms with van der Waals surface area (Å²) in [4.78, 5) is 4.32. The molecule has 0 atom stereocenters. The lowest BCUT2D eigenvalue weighted by Gasteiger charge is -2.10. The number of aromatic nitrogens is 1. The van der Waals surface area contributed by atoms with Gasteiger partial charge in [0.2, 0.25) is 0 Å². The average Bonchev–Trinajstić information content (AvgIpc) is 2.49. The zero-order valence-corrected chi connectivity index (χ0v) is 11.5. The monoisotopic (exact) mass is 281 g/mol. The Morgan fingerprint density at radius 1 is 1.05 bits per heavy atom. The van der Waals surface area contributed by atoms with Crippen LogP contribution in [0.15, 0.2) is 54.7 Å². The van der Waals surface area contributed by atoms with E-state index >= 15 is 0 Å². The molecule has 3 aromatic rings. The van der Waals surface area contributed by atoms with E-state index in [1.807, 2.05) is 36.4 Å². The first-order valence-corrected chi connectivity index (χ1v) is 6.85. The molecule has 3 nitrogen and oxygen atoms in total. The number of hydrogen-bond donors (Lipinski definition) is 2. The van der Waals surface area contributed by atoms with Crippen LogP contribution in [0.1, 0.15) is 5.56 Å². The van der Waals surface area contributed by atoms with Crippen molar-refractivity contribution < 1.29 is 4.39 Å². The van der Waals surface area contributed by atoms with Gasteiger partial charge < -0.3 is 11.1 Å². The zero-order chi connectivity index (χ0) is 14.7. The van der Waals surface area contributed by atoms with Crippen molar-refractivity contribution in [2.24, 2.45) is 0 Å². The Morgan fingerprint density at radius 3 is 2.67 bits per heavy atom. The maximum absolute atomic E-state index is 12.8. The lowest BCUT2D eigenvalue weighted by Crippen LogP contribution is -2.05. The van der Waals surface area contributed by atoms with Crippen molar-refractivity contribution in [3.05, 3.63) is 66.1 Å². The first-order chi connectivity index (χ1) is 10.2. The van der Waals surface area contributed by atoms with Crippen molar-refractivity contribution in [1.82, 2.24) is 4.98 Å². The second kappa shape index (κ2) is 5.79. The van der Waals surface area contributed by atoms with Crippen LogP contribution in [0.5, 0.6) is 0 Å². The molecule has 1 aromatic heterocycles. The topological polar surface area (TPSA) is 50.9 Å². The number of nitrogens with two attached hydrogens (primary N) is 1. The van der Waals surface area contributed by atoms with Gasteiger partial charge in [-0.15, -0.1) is 0 Å². The van der Waals surface area contributed by atoms with E-state index in [4.69, 9.17) is 5.73 Å². The van der Waals surface area contributed by atoms with Gasteiger partial charge in [0.1, 0.15) is 5.82 Å². The van der Waals surface area contributed by atoms with Crippen LogP contribution in [0.4, 0.5) is 15.8 Å². The Balaban J connectivity index is 1.72. The number of rotatable bonds is 4. The molecule has 0 spiro atoms. The molecular weight excluding hydrogens is 265 g/mol. The third-order valence-electron chi connectivity index (χ3n) is 3.41. The zero-order valence-electron chi connectivity index (χ0n) is 11.5. The van der Waals surface area contributed by atoms with Crippen molar-refractivity contribution in [3.8, 4) is 0 Å². The second-order valence-electron chi connectivity index (χ2n) is 4.94. The lowest BCUT2D eigenvalue weighted by atomic mass is 10.1. The molecule has 106 valence electrons. The number of benzene rings is 2. The summed E-state index contributed by atoms with van der Waals surface area (Å²) >= 11 is 0. The fourth-order valence-corrected chi connectivity index (χ4v) is 2.31. The molecule has 0 saturated carbocycles. The predicted octanol–water partition coefficient (Wildman–Crippen LogP) is 3.61. The van der Waals surface area contributed by atoms with Crippen molar-refractivity contribution in [1.29, 1.82) is 0 Å². The Labute approximate surface area is 122 Å². The molecule has 0 saturated heterocycles. The number of pyridine rings is 1. The van der Waals surface area contributed by atoms with Crippen molar-refractivity contribution in [2.75, 3.05) is 17.6 Å². The molecule has 0 fully saturated rings. The highest BCUT2D eigenvalue weighted by Crippen LogP contribution is 2.23. The minimum absolute atomic E-state index is 0.204. The number of nitrogen functional groups attached to an aromatic ring is 1. The van der Waals surface area contributed by atoms with Gasteiger partial charge in [0.25, 0.3) is 0 Å². The van der Waals surface area contributed by atoms with E-state index in [9.17, 15) is 4.39 Å². The molecule has 3 N–H and O–H groups in total. The summed E-state index contributed by atoms with van der Waals surface area (Å²) in [6, 6.07) is 14.2. The van der Waals surface area contributed by atoms with Gasteiger partial charge in [-0.25, -0.2) is 4.39 Å². The van der Waals surface area contributed by atoms with Crippen LogP contribution >= 0.6 is 0 Å². The Hall–Kier alpha value is -2.62. The third-order valence-corrected chi connectivity index (χ3v) is 3.41. The van der Waals surface area contributed by atoms with Gasteiger partial charge in [0.05, 0.1) is 5.52 Å². The lowest BCUT2D eigenvalue weighted by molar-refractivity contribution is 0.627. The van der Waals surface area contributed by atoms with E-state index in [1.54, 1.807) is 6.20 Å². The summed E-state index contributed by atoms with van der Waals surface area (Å²) in [7, 11) is 0. The number of halogens is 1. The summed E-state index contributed by atoms with van der Waals surface area (Å²) in [5.74, 6) is -0.204. The van der Waals surface area contributed by atoms with Gasteiger partial charge in [0, 0.05) is 29.5 Å². The number of nitrogens with zero attached hydrogens (tertiary/aromatic N) is 1. The summed E-state index contributed by atoms with van der Waals surface area (Å²) in [6.45, 7) is 0.773. The van der Waals surface area contributed by atoms with E-state index in [0.29, 0.717) is 5.69 Å². The highest BCUT2D eigenvalue weighted by atomic mass is 19.1. The van der Waals surface area contributed by atoms with Crippen LogP contribution in [0, 0.1) is 5.82 Å². The number of fused-ring (bicyclic) bond motifs is 1. The fraction of sp³-hybridized carbons (Fsp3) is 0.118. The van der Waals surface area contributed by atoms with Crippen LogP contribution in [-0.4, -0.2) is 11.5 Å². The summed E-state index contributed by atoms with van der Waals surface area (Å²) < 4.78 is 12.8. The van der Waals surface area contributed by atoms with Crippen molar-refractivity contribution in [3.63, 3.8) is 0 Å². The molecule has 0 aliphatic rings. The molecule has 0 radical (unpaired) electrons. The Kier molecular flexibility index (Phi) is 3.69. The molecule has 0 aliphatic carbocycles. The molecule has 3 rings (SSSR count). The normalized spacial score (nSPS) is 10.7. The first-order valence-electron chi connectivity index (χ1n) is 6.85. The van der Waals surface area contributed by atoms with E-state index in [2.05, 4.69) is 10.3 Å². The third kappa shape index (κ3) is 3.11. The van der Waals surface area contributed by atoms with Crippen LogP contribution in [0.2, 0.25) is 0 Å². The molecule has 0 amide bonds. The molecule has 2 aromatic carbocycles. The number of anilines is 2. The van der Waals surface area contributed by atoms with E-state index in [-0.39, 0.29) is 5.82 Å². The molecule has 0 unspecified atom stereocenters. The molecule has 4 heteroatoms. The van der Waals surface area contributed by atoms with Gasteiger partial charge in [-0.05, 0) is 48.4 Å². The summed E-state index contributed by atoms with van der Waals surface area (Å²) in [6.07, 6.45) is 2.60. The minimum Gasteiger partial charge on any atom is -0.399 e. The molecular formula is C17H16FN3. The molecule has 0 aliphatic heterocycles. The van der Waals surface area contributed by atoms with Gasteiger partial charge in [-0.3, -0.25) is 4.98 Å². The number of hydrogen-bond acceptors (Lipinski definition) is 3. The van der Waals surface area contributed by atoms with Crippen molar-refractivity contribution >= 4 is 22.3 Å². The van der Waals surface area contributed by atoms with Crippen LogP contribution < -0.4 is 11.1 Å². The SMILES string of the molecule is Nc1ccc2c(NCCc3ccc(F)cc3)ccnc2c1. The maximum atomic E-state index is 12.8. The van der Waals surface area contributed by atoms with E-state index in [1.165, 1.54) is 12.1 Å². The van der Waals surface area contributed by atoms with Crippen LogP contribution in [0.25, 0.3) is 10.9 Å².